The van der Waals surface area contributed by atoms with E-state index in [-0.39, 0.29) is 35.7 Å². The number of hydrogen-bond acceptors (Lipinski definition) is 6. The summed E-state index contributed by atoms with van der Waals surface area (Å²) in [5, 5.41) is 6.81. The highest BCUT2D eigenvalue weighted by Crippen LogP contribution is 2.15. The van der Waals surface area contributed by atoms with Gasteiger partial charge in [0.05, 0.1) is 23.5 Å². The summed E-state index contributed by atoms with van der Waals surface area (Å²) in [5.74, 6) is -0.159. The second-order valence-electron chi connectivity index (χ2n) is 5.99. The Bertz CT molecular complexity index is 1090. The molecule has 0 aliphatic carbocycles. The van der Waals surface area contributed by atoms with Gasteiger partial charge in [-0.05, 0) is 30.3 Å². The molecule has 28 heavy (non-hydrogen) atoms. The van der Waals surface area contributed by atoms with E-state index in [1.807, 2.05) is 0 Å². The average Bonchev–Trinajstić information content (AvgIpc) is 3.23. The van der Waals surface area contributed by atoms with Crippen LogP contribution in [0, 0.1) is 0 Å². The molecular formula is C19H19N3O5S. The molecule has 3 rings (SSSR count). The Kier molecular flexibility index (Phi) is 6.05. The number of nitrogens with zero attached hydrogens (tertiary/aromatic N) is 2. The number of amides is 1. The largest absolute Gasteiger partial charge is 0.463 e. The number of nitrogens with one attached hydrogen (secondary N) is 1. The lowest BCUT2D eigenvalue weighted by atomic mass is 10.3. The number of aromatic nitrogens is 2. The van der Waals surface area contributed by atoms with Gasteiger partial charge < -0.3 is 9.73 Å². The predicted octanol–water partition coefficient (Wildman–Crippen LogP) is 1.48. The van der Waals surface area contributed by atoms with Gasteiger partial charge in [-0.25, -0.2) is 13.1 Å². The topological polar surface area (TPSA) is 111 Å². The van der Waals surface area contributed by atoms with Crippen molar-refractivity contribution in [1.29, 1.82) is 0 Å². The summed E-state index contributed by atoms with van der Waals surface area (Å²) in [6, 6.07) is 14.4. The first-order valence-corrected chi connectivity index (χ1v) is 10.3. The Morgan fingerprint density at radius 1 is 1.07 bits per heavy atom. The molecule has 0 saturated heterocycles. The van der Waals surface area contributed by atoms with Crippen LogP contribution in [0.2, 0.25) is 0 Å². The van der Waals surface area contributed by atoms with Crippen LogP contribution in [0.1, 0.15) is 6.42 Å². The monoisotopic (exact) mass is 401 g/mol. The van der Waals surface area contributed by atoms with Crippen molar-refractivity contribution in [2.24, 2.45) is 0 Å². The smallest absolute Gasteiger partial charge is 0.266 e. The fraction of sp³-hybridized carbons (Fsp3) is 0.211. The fourth-order valence-electron chi connectivity index (χ4n) is 2.53. The van der Waals surface area contributed by atoms with Gasteiger partial charge in [0.15, 0.2) is 15.6 Å². The van der Waals surface area contributed by atoms with Gasteiger partial charge in [0.25, 0.3) is 5.56 Å². The maximum absolute atomic E-state index is 12.2. The number of benzene rings is 1. The van der Waals surface area contributed by atoms with Crippen LogP contribution in [-0.2, 0) is 21.2 Å². The number of hydrogen-bond donors (Lipinski definition) is 1. The average molecular weight is 401 g/mol. The SMILES string of the molecule is O=C(CCS(=O)(=O)c1ccccc1)NCCn1nc(-c2ccco2)ccc1=O. The molecule has 1 N–H and O–H groups in total. The quantitative estimate of drug-likeness (QED) is 0.612. The highest BCUT2D eigenvalue weighted by Gasteiger charge is 2.16. The van der Waals surface area contributed by atoms with Crippen molar-refractivity contribution in [3.8, 4) is 11.5 Å². The molecule has 0 spiro atoms. The maximum atomic E-state index is 12.2. The van der Waals surface area contributed by atoms with Crippen molar-refractivity contribution in [2.75, 3.05) is 12.3 Å². The van der Waals surface area contributed by atoms with Crippen LogP contribution in [0.15, 0.2) is 75.0 Å². The maximum Gasteiger partial charge on any atom is 0.266 e. The van der Waals surface area contributed by atoms with E-state index >= 15 is 0 Å². The van der Waals surface area contributed by atoms with Gasteiger partial charge in [0, 0.05) is 19.0 Å². The molecule has 0 radical (unpaired) electrons. The van der Waals surface area contributed by atoms with Crippen molar-refractivity contribution in [3.63, 3.8) is 0 Å². The van der Waals surface area contributed by atoms with E-state index in [4.69, 9.17) is 4.42 Å². The molecule has 0 unspecified atom stereocenters. The van der Waals surface area contributed by atoms with Gasteiger partial charge in [-0.15, -0.1) is 0 Å². The highest BCUT2D eigenvalue weighted by atomic mass is 32.2. The summed E-state index contributed by atoms with van der Waals surface area (Å²) in [4.78, 5) is 24.0. The first-order valence-electron chi connectivity index (χ1n) is 8.62. The molecule has 1 aromatic carbocycles. The van der Waals surface area contributed by atoms with Gasteiger partial charge >= 0.3 is 0 Å². The van der Waals surface area contributed by atoms with Gasteiger partial charge in [-0.3, -0.25) is 9.59 Å². The lowest BCUT2D eigenvalue weighted by molar-refractivity contribution is -0.120. The molecule has 0 fully saturated rings. The molecule has 8 nitrogen and oxygen atoms in total. The van der Waals surface area contributed by atoms with Crippen molar-refractivity contribution in [2.45, 2.75) is 17.9 Å². The zero-order valence-corrected chi connectivity index (χ0v) is 15.8. The van der Waals surface area contributed by atoms with Crippen LogP contribution in [0.3, 0.4) is 0 Å². The molecule has 0 aliphatic heterocycles. The van der Waals surface area contributed by atoms with E-state index in [9.17, 15) is 18.0 Å². The van der Waals surface area contributed by atoms with Crippen LogP contribution in [0.25, 0.3) is 11.5 Å². The van der Waals surface area contributed by atoms with Crippen LogP contribution in [0.4, 0.5) is 0 Å². The number of furan rings is 1. The molecule has 0 saturated carbocycles. The molecule has 146 valence electrons. The predicted molar refractivity (Wildman–Crippen MR) is 102 cm³/mol. The second kappa shape index (κ2) is 8.66. The third kappa shape index (κ3) is 4.95. The first kappa shape index (κ1) is 19.6. The zero-order valence-electron chi connectivity index (χ0n) is 14.9. The Hall–Kier alpha value is -3.20. The molecular weight excluding hydrogens is 382 g/mol. The third-order valence-electron chi connectivity index (χ3n) is 3.99. The van der Waals surface area contributed by atoms with Crippen molar-refractivity contribution < 1.29 is 17.6 Å². The molecule has 2 heterocycles. The van der Waals surface area contributed by atoms with Crippen molar-refractivity contribution in [3.05, 3.63) is 71.2 Å². The number of carbonyl (C=O) groups is 1. The molecule has 0 aliphatic rings. The third-order valence-corrected chi connectivity index (χ3v) is 5.72. The summed E-state index contributed by atoms with van der Waals surface area (Å²) in [6.07, 6.45) is 1.35. The summed E-state index contributed by atoms with van der Waals surface area (Å²) >= 11 is 0. The van der Waals surface area contributed by atoms with E-state index < -0.39 is 15.7 Å². The summed E-state index contributed by atoms with van der Waals surface area (Å²) in [7, 11) is -3.51. The van der Waals surface area contributed by atoms with Crippen LogP contribution < -0.4 is 10.9 Å². The highest BCUT2D eigenvalue weighted by molar-refractivity contribution is 7.91. The van der Waals surface area contributed by atoms with E-state index in [2.05, 4.69) is 10.4 Å². The minimum Gasteiger partial charge on any atom is -0.463 e. The number of rotatable bonds is 8. The summed E-state index contributed by atoms with van der Waals surface area (Å²) in [5.41, 5.74) is 0.195. The lowest BCUT2D eigenvalue weighted by Crippen LogP contribution is -2.32. The summed E-state index contributed by atoms with van der Waals surface area (Å²) < 4.78 is 30.8. The standard InChI is InChI=1S/C19H19N3O5S/c23-18(10-14-28(25,26)15-5-2-1-3-6-15)20-11-12-22-19(24)9-8-16(21-22)17-7-4-13-27-17/h1-9,13H,10-12,14H2,(H,20,23). The van der Waals surface area contributed by atoms with Crippen molar-refractivity contribution in [1.82, 2.24) is 15.1 Å². The minimum atomic E-state index is -3.51. The Morgan fingerprint density at radius 2 is 1.86 bits per heavy atom. The Morgan fingerprint density at radius 3 is 2.57 bits per heavy atom. The minimum absolute atomic E-state index is 0.152. The molecule has 1 amide bonds. The number of sulfone groups is 1. The lowest BCUT2D eigenvalue weighted by Gasteiger charge is -2.08. The Balaban J connectivity index is 1.52. The molecule has 0 bridgehead atoms. The second-order valence-corrected chi connectivity index (χ2v) is 8.10. The van der Waals surface area contributed by atoms with Gasteiger partial charge in [0.1, 0.15) is 5.69 Å². The summed E-state index contributed by atoms with van der Waals surface area (Å²) in [6.45, 7) is 0.309. The molecule has 9 heteroatoms. The molecule has 0 atom stereocenters. The van der Waals surface area contributed by atoms with E-state index in [0.717, 1.165) is 0 Å². The van der Waals surface area contributed by atoms with E-state index in [0.29, 0.717) is 11.5 Å². The molecule has 3 aromatic rings. The molecule has 2 aromatic heterocycles. The fourth-order valence-corrected chi connectivity index (χ4v) is 3.79. The van der Waals surface area contributed by atoms with E-state index in [1.54, 1.807) is 36.4 Å². The van der Waals surface area contributed by atoms with Crippen LogP contribution in [-0.4, -0.2) is 36.4 Å². The first-order chi connectivity index (χ1) is 13.5. The zero-order chi connectivity index (χ0) is 20.0. The number of carbonyl (C=O) groups excluding carboxylic acids is 1. The van der Waals surface area contributed by atoms with Gasteiger partial charge in [-0.1, -0.05) is 18.2 Å². The normalized spacial score (nSPS) is 11.3. The Labute approximate surface area is 161 Å². The van der Waals surface area contributed by atoms with Gasteiger partial charge in [0.2, 0.25) is 5.91 Å². The van der Waals surface area contributed by atoms with E-state index in [1.165, 1.54) is 29.1 Å². The van der Waals surface area contributed by atoms with Gasteiger partial charge in [-0.2, -0.15) is 5.10 Å². The van der Waals surface area contributed by atoms with Crippen LogP contribution in [0.5, 0.6) is 0 Å². The van der Waals surface area contributed by atoms with Crippen molar-refractivity contribution >= 4 is 15.7 Å². The van der Waals surface area contributed by atoms with Crippen LogP contribution >= 0.6 is 0 Å².